The molecule has 1 fully saturated rings. The molecule has 2 aromatic rings. The molecular weight excluding hydrogens is 366 g/mol. The van der Waals surface area contributed by atoms with Crippen LogP contribution >= 0.6 is 11.8 Å². The summed E-state index contributed by atoms with van der Waals surface area (Å²) in [6.07, 6.45) is 0.432. The zero-order chi connectivity index (χ0) is 18.6. The van der Waals surface area contributed by atoms with E-state index in [0.29, 0.717) is 18.5 Å². The summed E-state index contributed by atoms with van der Waals surface area (Å²) in [6.45, 7) is 2.74. The predicted octanol–water partition coefficient (Wildman–Crippen LogP) is 3.80. The first-order valence-electron chi connectivity index (χ1n) is 8.80. The van der Waals surface area contributed by atoms with Crippen molar-refractivity contribution in [2.75, 3.05) is 24.6 Å². The van der Waals surface area contributed by atoms with Gasteiger partial charge in [0.25, 0.3) is 5.91 Å². The molecule has 6 heteroatoms. The lowest BCUT2D eigenvalue weighted by atomic mass is 10.1. The molecule has 0 saturated carbocycles. The van der Waals surface area contributed by atoms with Gasteiger partial charge in [0.2, 0.25) is 0 Å². The Labute approximate surface area is 159 Å². The maximum Gasteiger partial charge on any atom is 0.255 e. The summed E-state index contributed by atoms with van der Waals surface area (Å²) in [5.41, 5.74) is 1.47. The van der Waals surface area contributed by atoms with Crippen molar-refractivity contribution in [3.63, 3.8) is 0 Å². The van der Waals surface area contributed by atoms with Crippen LogP contribution in [-0.4, -0.2) is 43.8 Å². The third-order valence-electron chi connectivity index (χ3n) is 4.62. The minimum atomic E-state index is -3.28. The van der Waals surface area contributed by atoms with Crippen LogP contribution < -0.4 is 0 Å². The van der Waals surface area contributed by atoms with Crippen molar-refractivity contribution in [1.29, 1.82) is 0 Å². The average molecular weight is 390 g/mol. The van der Waals surface area contributed by atoms with Crippen LogP contribution in [0.3, 0.4) is 0 Å². The molecule has 1 heterocycles. The Bertz CT molecular complexity index is 866. The van der Waals surface area contributed by atoms with Gasteiger partial charge in [-0.3, -0.25) is 4.79 Å². The summed E-state index contributed by atoms with van der Waals surface area (Å²) < 4.78 is 25.5. The van der Waals surface area contributed by atoms with Gasteiger partial charge in [-0.25, -0.2) is 8.42 Å². The number of sulfone groups is 1. The summed E-state index contributed by atoms with van der Waals surface area (Å²) in [5, 5.41) is -0.540. The zero-order valence-electron chi connectivity index (χ0n) is 14.8. The smallest absolute Gasteiger partial charge is 0.255 e. The van der Waals surface area contributed by atoms with Gasteiger partial charge in [-0.15, -0.1) is 11.8 Å². The van der Waals surface area contributed by atoms with Crippen molar-refractivity contribution in [2.45, 2.75) is 23.5 Å². The van der Waals surface area contributed by atoms with E-state index < -0.39 is 15.1 Å². The summed E-state index contributed by atoms with van der Waals surface area (Å²) in [4.78, 5) is 15.7. The molecule has 0 N–H and O–H groups in total. The minimum Gasteiger partial charge on any atom is -0.338 e. The first-order valence-corrected chi connectivity index (χ1v) is 11.5. The number of rotatable bonds is 4. The second-order valence-corrected chi connectivity index (χ2v) is 9.89. The first-order chi connectivity index (χ1) is 12.5. The standard InChI is InChI=1S/C20H23NO3S2/c1-2-25-18-11-7-6-10-17(18)20(22)21-13-12-19(26(23,24)15-14-21)16-8-4-3-5-9-16/h3-11,19H,2,12-15H2,1H3/t19-/m1/s1. The van der Waals surface area contributed by atoms with Gasteiger partial charge in [0, 0.05) is 18.0 Å². The predicted molar refractivity (Wildman–Crippen MR) is 106 cm³/mol. The largest absolute Gasteiger partial charge is 0.338 e. The topological polar surface area (TPSA) is 54.5 Å². The van der Waals surface area contributed by atoms with E-state index in [2.05, 4.69) is 6.92 Å². The van der Waals surface area contributed by atoms with E-state index in [1.165, 1.54) is 0 Å². The highest BCUT2D eigenvalue weighted by Gasteiger charge is 2.33. The molecule has 1 aliphatic rings. The molecule has 1 saturated heterocycles. The van der Waals surface area contributed by atoms with Crippen LogP contribution in [0.2, 0.25) is 0 Å². The molecule has 0 aliphatic carbocycles. The molecule has 0 aromatic heterocycles. The Morgan fingerprint density at radius 1 is 1.08 bits per heavy atom. The van der Waals surface area contributed by atoms with E-state index in [0.717, 1.165) is 16.2 Å². The SMILES string of the molecule is CCSc1ccccc1C(=O)N1CC[C@H](c2ccccc2)S(=O)(=O)CC1. The monoisotopic (exact) mass is 389 g/mol. The second-order valence-electron chi connectivity index (χ2n) is 6.28. The Balaban J connectivity index is 1.83. The average Bonchev–Trinajstić information content (AvgIpc) is 2.81. The van der Waals surface area contributed by atoms with Crippen LogP contribution in [-0.2, 0) is 9.84 Å². The highest BCUT2D eigenvalue weighted by Crippen LogP contribution is 2.30. The molecule has 0 unspecified atom stereocenters. The van der Waals surface area contributed by atoms with Crippen LogP contribution in [0.4, 0.5) is 0 Å². The molecule has 0 bridgehead atoms. The number of amides is 1. The Morgan fingerprint density at radius 3 is 2.50 bits per heavy atom. The number of hydrogen-bond donors (Lipinski definition) is 0. The van der Waals surface area contributed by atoms with Crippen LogP contribution in [0.1, 0.15) is 34.5 Å². The Hall–Kier alpha value is -1.79. The van der Waals surface area contributed by atoms with E-state index in [9.17, 15) is 13.2 Å². The van der Waals surface area contributed by atoms with Gasteiger partial charge >= 0.3 is 0 Å². The first kappa shape index (κ1) is 19.0. The molecule has 1 aliphatic heterocycles. The van der Waals surface area contributed by atoms with E-state index in [-0.39, 0.29) is 18.2 Å². The fourth-order valence-corrected chi connectivity index (χ4v) is 5.88. The molecule has 2 aromatic carbocycles. The summed E-state index contributed by atoms with van der Waals surface area (Å²) in [5.74, 6) is 0.807. The van der Waals surface area contributed by atoms with Crippen LogP contribution in [0.5, 0.6) is 0 Å². The molecule has 3 rings (SSSR count). The number of hydrogen-bond acceptors (Lipinski definition) is 4. The van der Waals surface area contributed by atoms with Crippen molar-refractivity contribution in [2.24, 2.45) is 0 Å². The molecule has 26 heavy (non-hydrogen) atoms. The van der Waals surface area contributed by atoms with Gasteiger partial charge in [0.1, 0.15) is 0 Å². The van der Waals surface area contributed by atoms with Gasteiger partial charge in [-0.1, -0.05) is 49.4 Å². The van der Waals surface area contributed by atoms with Crippen LogP contribution in [0.15, 0.2) is 59.5 Å². The van der Waals surface area contributed by atoms with Gasteiger partial charge in [0.15, 0.2) is 9.84 Å². The third-order valence-corrected chi connectivity index (χ3v) is 7.70. The maximum atomic E-state index is 13.0. The fraction of sp³-hybridized carbons (Fsp3) is 0.350. The van der Waals surface area contributed by atoms with Crippen LogP contribution in [0.25, 0.3) is 0 Å². The lowest BCUT2D eigenvalue weighted by Crippen LogP contribution is -2.33. The molecule has 4 nitrogen and oxygen atoms in total. The molecule has 1 atom stereocenters. The van der Waals surface area contributed by atoms with E-state index >= 15 is 0 Å². The van der Waals surface area contributed by atoms with Crippen molar-refractivity contribution < 1.29 is 13.2 Å². The van der Waals surface area contributed by atoms with E-state index in [4.69, 9.17) is 0 Å². The number of benzene rings is 2. The van der Waals surface area contributed by atoms with Gasteiger partial charge < -0.3 is 4.90 Å². The molecule has 0 spiro atoms. The van der Waals surface area contributed by atoms with Crippen molar-refractivity contribution in [3.8, 4) is 0 Å². The summed E-state index contributed by atoms with van der Waals surface area (Å²) in [6, 6.07) is 16.9. The van der Waals surface area contributed by atoms with Gasteiger partial charge in [-0.2, -0.15) is 0 Å². The molecular formula is C20H23NO3S2. The number of thioether (sulfide) groups is 1. The van der Waals surface area contributed by atoms with Crippen LogP contribution in [0, 0.1) is 0 Å². The van der Waals surface area contributed by atoms with E-state index in [1.807, 2.05) is 54.6 Å². The number of carbonyl (C=O) groups excluding carboxylic acids is 1. The third kappa shape index (κ3) is 4.13. The second kappa shape index (κ2) is 8.27. The lowest BCUT2D eigenvalue weighted by molar-refractivity contribution is 0.0763. The Kier molecular flexibility index (Phi) is 6.04. The Morgan fingerprint density at radius 2 is 1.77 bits per heavy atom. The molecule has 0 radical (unpaired) electrons. The highest BCUT2D eigenvalue weighted by molar-refractivity contribution is 7.99. The zero-order valence-corrected chi connectivity index (χ0v) is 16.4. The van der Waals surface area contributed by atoms with Crippen molar-refractivity contribution in [3.05, 3.63) is 65.7 Å². The summed E-state index contributed by atoms with van der Waals surface area (Å²) in [7, 11) is -3.28. The molecule has 138 valence electrons. The van der Waals surface area contributed by atoms with Crippen molar-refractivity contribution in [1.82, 2.24) is 4.90 Å². The van der Waals surface area contributed by atoms with E-state index in [1.54, 1.807) is 16.7 Å². The van der Waals surface area contributed by atoms with Gasteiger partial charge in [0.05, 0.1) is 16.6 Å². The normalized spacial score (nSPS) is 19.7. The number of carbonyl (C=O) groups is 1. The maximum absolute atomic E-state index is 13.0. The van der Waals surface area contributed by atoms with Crippen molar-refractivity contribution >= 4 is 27.5 Å². The number of nitrogens with zero attached hydrogens (tertiary/aromatic N) is 1. The summed E-state index contributed by atoms with van der Waals surface area (Å²) >= 11 is 1.63. The fourth-order valence-electron chi connectivity index (χ4n) is 3.28. The quantitative estimate of drug-likeness (QED) is 0.747. The highest BCUT2D eigenvalue weighted by atomic mass is 32.2. The molecule has 1 amide bonds. The lowest BCUT2D eigenvalue weighted by Gasteiger charge is -2.21. The minimum absolute atomic E-state index is 0.00138. The van der Waals surface area contributed by atoms with Gasteiger partial charge in [-0.05, 0) is 29.9 Å².